The van der Waals surface area contributed by atoms with Gasteiger partial charge in [0, 0.05) is 33.2 Å². The Morgan fingerprint density at radius 1 is 1.43 bits per heavy atom. The molecule has 1 amide bonds. The fraction of sp³-hybridized carbons (Fsp3) is 0.875. The van der Waals surface area contributed by atoms with E-state index in [2.05, 4.69) is 49.8 Å². The van der Waals surface area contributed by atoms with Gasteiger partial charge in [-0.25, -0.2) is 4.99 Å². The van der Waals surface area contributed by atoms with E-state index in [-0.39, 0.29) is 17.9 Å². The van der Waals surface area contributed by atoms with Gasteiger partial charge in [-0.1, -0.05) is 20.8 Å². The summed E-state index contributed by atoms with van der Waals surface area (Å²) in [6, 6.07) is 0.304. The molecule has 1 N–H and O–H groups in total. The van der Waals surface area contributed by atoms with Crippen molar-refractivity contribution < 1.29 is 4.79 Å². The highest BCUT2D eigenvalue weighted by Gasteiger charge is 2.32. The summed E-state index contributed by atoms with van der Waals surface area (Å²) in [6.45, 7) is 13.3. The Labute approximate surface area is 129 Å². The largest absolute Gasteiger partial charge is 0.354 e. The van der Waals surface area contributed by atoms with Gasteiger partial charge in [-0.05, 0) is 31.6 Å². The minimum atomic E-state index is 0.0300. The van der Waals surface area contributed by atoms with Crippen LogP contribution < -0.4 is 5.32 Å². The number of amides is 1. The van der Waals surface area contributed by atoms with Crippen molar-refractivity contribution in [2.24, 2.45) is 16.3 Å². The number of carbonyl (C=O) groups is 1. The fourth-order valence-corrected chi connectivity index (χ4v) is 2.97. The van der Waals surface area contributed by atoms with Crippen molar-refractivity contribution in [3.63, 3.8) is 0 Å². The monoisotopic (exact) mass is 296 g/mol. The average Bonchev–Trinajstić information content (AvgIpc) is 2.30. The van der Waals surface area contributed by atoms with Gasteiger partial charge in [-0.3, -0.25) is 4.79 Å². The number of likely N-dealkylation sites (N-methyl/N-ethyl adjacent to an activating group) is 1. The van der Waals surface area contributed by atoms with Gasteiger partial charge in [0.1, 0.15) is 6.54 Å². The molecule has 0 saturated carbocycles. The maximum Gasteiger partial charge on any atom is 0.243 e. The minimum Gasteiger partial charge on any atom is -0.354 e. The van der Waals surface area contributed by atoms with E-state index in [4.69, 9.17) is 0 Å². The topological polar surface area (TPSA) is 47.9 Å². The third-order valence-electron chi connectivity index (χ3n) is 3.63. The van der Waals surface area contributed by atoms with Crippen molar-refractivity contribution in [3.05, 3.63) is 0 Å². The Morgan fingerprint density at radius 2 is 2.05 bits per heavy atom. The fourth-order valence-electron chi connectivity index (χ4n) is 2.97. The number of guanidine groups is 1. The maximum absolute atomic E-state index is 11.8. The third-order valence-corrected chi connectivity index (χ3v) is 3.63. The Kier molecular flexibility index (Phi) is 6.05. The molecule has 0 aromatic heterocycles. The van der Waals surface area contributed by atoms with Crippen molar-refractivity contribution in [3.8, 4) is 0 Å². The third kappa shape index (κ3) is 5.94. The summed E-state index contributed by atoms with van der Waals surface area (Å²) in [6.07, 6.45) is 1.23. The standard InChI is InChI=1S/C16H32N4O/c1-12(2)18-15(17-9-14(21)19(6)7)20-10-13(3)8-16(4,5)11-20/h12-13H,8-11H2,1-7H3,(H,17,18). The second kappa shape index (κ2) is 7.14. The zero-order valence-electron chi connectivity index (χ0n) is 14.7. The highest BCUT2D eigenvalue weighted by Crippen LogP contribution is 2.31. The molecule has 1 aliphatic heterocycles. The first kappa shape index (κ1) is 17.8. The number of hydrogen-bond acceptors (Lipinski definition) is 2. The summed E-state index contributed by atoms with van der Waals surface area (Å²) in [5.41, 5.74) is 0.280. The molecule has 1 atom stereocenters. The lowest BCUT2D eigenvalue weighted by Crippen LogP contribution is -2.53. The molecule has 1 aliphatic rings. The zero-order valence-corrected chi connectivity index (χ0v) is 14.7. The summed E-state index contributed by atoms with van der Waals surface area (Å²) in [4.78, 5) is 20.2. The highest BCUT2D eigenvalue weighted by atomic mass is 16.2. The number of rotatable bonds is 3. The molecule has 0 aliphatic carbocycles. The summed E-state index contributed by atoms with van der Waals surface area (Å²) in [7, 11) is 3.53. The molecule has 5 heteroatoms. The number of likely N-dealkylation sites (tertiary alicyclic amines) is 1. The van der Waals surface area contributed by atoms with Gasteiger partial charge in [0.25, 0.3) is 0 Å². The van der Waals surface area contributed by atoms with Gasteiger partial charge in [-0.2, -0.15) is 0 Å². The summed E-state index contributed by atoms with van der Waals surface area (Å²) < 4.78 is 0. The predicted octanol–water partition coefficient (Wildman–Crippen LogP) is 1.80. The van der Waals surface area contributed by atoms with Crippen LogP contribution in [0.2, 0.25) is 0 Å². The van der Waals surface area contributed by atoms with Gasteiger partial charge in [0.2, 0.25) is 5.91 Å². The number of nitrogens with zero attached hydrogens (tertiary/aromatic N) is 3. The van der Waals surface area contributed by atoms with Crippen LogP contribution in [0.1, 0.15) is 41.0 Å². The van der Waals surface area contributed by atoms with E-state index in [1.165, 1.54) is 6.42 Å². The van der Waals surface area contributed by atoms with Gasteiger partial charge < -0.3 is 15.1 Å². The van der Waals surface area contributed by atoms with E-state index in [0.29, 0.717) is 12.0 Å². The van der Waals surface area contributed by atoms with Crippen molar-refractivity contribution in [1.82, 2.24) is 15.1 Å². The normalized spacial score (nSPS) is 22.4. The Morgan fingerprint density at radius 3 is 2.52 bits per heavy atom. The number of hydrogen-bond donors (Lipinski definition) is 1. The van der Waals surface area contributed by atoms with Crippen molar-refractivity contribution in [2.75, 3.05) is 33.7 Å². The molecule has 0 aromatic carbocycles. The second-order valence-electron chi connectivity index (χ2n) is 7.58. The van der Waals surface area contributed by atoms with Gasteiger partial charge in [-0.15, -0.1) is 0 Å². The van der Waals surface area contributed by atoms with Crippen molar-refractivity contribution >= 4 is 11.9 Å². The van der Waals surface area contributed by atoms with Gasteiger partial charge >= 0.3 is 0 Å². The van der Waals surface area contributed by atoms with Crippen LogP contribution in [-0.2, 0) is 4.79 Å². The predicted molar refractivity (Wildman–Crippen MR) is 88.4 cm³/mol. The van der Waals surface area contributed by atoms with Crippen LogP contribution in [0.5, 0.6) is 0 Å². The molecule has 1 heterocycles. The molecule has 0 bridgehead atoms. The molecule has 1 fully saturated rings. The lowest BCUT2D eigenvalue weighted by atomic mass is 9.79. The molecular weight excluding hydrogens is 264 g/mol. The molecule has 0 spiro atoms. The molecule has 0 radical (unpaired) electrons. The molecule has 21 heavy (non-hydrogen) atoms. The lowest BCUT2D eigenvalue weighted by Gasteiger charge is -2.43. The van der Waals surface area contributed by atoms with Crippen molar-refractivity contribution in [1.29, 1.82) is 0 Å². The van der Waals surface area contributed by atoms with E-state index in [9.17, 15) is 4.79 Å². The van der Waals surface area contributed by atoms with Crippen LogP contribution in [0.25, 0.3) is 0 Å². The first-order chi connectivity index (χ1) is 9.60. The molecule has 0 aromatic rings. The SMILES string of the molecule is CC1CN(C(=NCC(=O)N(C)C)NC(C)C)CC(C)(C)C1. The number of piperidine rings is 1. The lowest BCUT2D eigenvalue weighted by molar-refractivity contribution is -0.127. The van der Waals surface area contributed by atoms with E-state index >= 15 is 0 Å². The molecule has 5 nitrogen and oxygen atoms in total. The van der Waals surface area contributed by atoms with Crippen LogP contribution in [-0.4, -0.2) is 61.4 Å². The van der Waals surface area contributed by atoms with Crippen LogP contribution >= 0.6 is 0 Å². The van der Waals surface area contributed by atoms with E-state index in [1.807, 2.05) is 0 Å². The molecule has 1 rings (SSSR count). The Balaban J connectivity index is 2.86. The molecule has 1 saturated heterocycles. The first-order valence-electron chi connectivity index (χ1n) is 7.87. The smallest absolute Gasteiger partial charge is 0.243 e. The average molecular weight is 296 g/mol. The van der Waals surface area contributed by atoms with Crippen LogP contribution in [0.4, 0.5) is 0 Å². The molecule has 1 unspecified atom stereocenters. The van der Waals surface area contributed by atoms with Crippen LogP contribution in [0.3, 0.4) is 0 Å². The first-order valence-corrected chi connectivity index (χ1v) is 7.87. The van der Waals surface area contributed by atoms with Gasteiger partial charge in [0.05, 0.1) is 0 Å². The Bertz CT molecular complexity index is 388. The van der Waals surface area contributed by atoms with E-state index in [0.717, 1.165) is 19.0 Å². The second-order valence-corrected chi connectivity index (χ2v) is 7.58. The summed E-state index contributed by atoms with van der Waals surface area (Å²) in [5, 5.41) is 3.41. The Hall–Kier alpha value is -1.26. The summed E-state index contributed by atoms with van der Waals surface area (Å²) in [5.74, 6) is 1.53. The number of nitrogens with one attached hydrogen (secondary N) is 1. The quantitative estimate of drug-likeness (QED) is 0.638. The van der Waals surface area contributed by atoms with Crippen molar-refractivity contribution in [2.45, 2.75) is 47.1 Å². The minimum absolute atomic E-state index is 0.0300. The summed E-state index contributed by atoms with van der Waals surface area (Å²) >= 11 is 0. The number of carbonyl (C=O) groups excluding carboxylic acids is 1. The van der Waals surface area contributed by atoms with Gasteiger partial charge in [0.15, 0.2) is 5.96 Å². The zero-order chi connectivity index (χ0) is 16.2. The maximum atomic E-state index is 11.8. The molecule has 122 valence electrons. The highest BCUT2D eigenvalue weighted by molar-refractivity contribution is 5.85. The van der Waals surface area contributed by atoms with Crippen LogP contribution in [0, 0.1) is 11.3 Å². The van der Waals surface area contributed by atoms with E-state index in [1.54, 1.807) is 19.0 Å². The van der Waals surface area contributed by atoms with Crippen LogP contribution in [0.15, 0.2) is 4.99 Å². The number of aliphatic imine (C=N–C) groups is 1. The van der Waals surface area contributed by atoms with E-state index < -0.39 is 0 Å². The molecular formula is C16H32N4O.